The number of hydrogen-bond donors (Lipinski definition) is 1. The van der Waals surface area contributed by atoms with Gasteiger partial charge in [0.25, 0.3) is 11.6 Å². The van der Waals surface area contributed by atoms with Gasteiger partial charge in [-0.3, -0.25) is 14.9 Å². The van der Waals surface area contributed by atoms with Crippen molar-refractivity contribution < 1.29 is 23.7 Å². The Hall–Kier alpha value is -3.98. The highest BCUT2D eigenvalue weighted by Gasteiger charge is 2.13. The summed E-state index contributed by atoms with van der Waals surface area (Å²) in [5.41, 5.74) is 3.30. The first-order valence-electron chi connectivity index (χ1n) is 8.45. The van der Waals surface area contributed by atoms with Gasteiger partial charge in [0.05, 0.1) is 28.8 Å². The molecule has 0 saturated carbocycles. The van der Waals surface area contributed by atoms with Gasteiger partial charge in [0.1, 0.15) is 11.5 Å². The van der Waals surface area contributed by atoms with Crippen LogP contribution in [0.1, 0.15) is 26.5 Å². The first-order valence-corrected chi connectivity index (χ1v) is 8.83. The van der Waals surface area contributed by atoms with Gasteiger partial charge in [-0.15, -0.1) is 0 Å². The zero-order valence-electron chi connectivity index (χ0n) is 15.5. The molecular weight excluding hydrogens is 414 g/mol. The van der Waals surface area contributed by atoms with Crippen molar-refractivity contribution in [2.75, 3.05) is 7.11 Å². The third-order valence-corrected chi connectivity index (χ3v) is 4.30. The molecule has 2 aromatic carbocycles. The minimum absolute atomic E-state index is 0.113. The Morgan fingerprint density at radius 1 is 1.17 bits per heavy atom. The molecule has 1 aromatic heterocycles. The number of nitro benzene ring substituents is 1. The largest absolute Gasteiger partial charge is 0.465 e. The fourth-order valence-electron chi connectivity index (χ4n) is 2.47. The van der Waals surface area contributed by atoms with E-state index >= 15 is 0 Å². The molecule has 1 N–H and O–H groups in total. The second-order valence-electron chi connectivity index (χ2n) is 5.89. The summed E-state index contributed by atoms with van der Waals surface area (Å²) in [5.74, 6) is -0.223. The van der Waals surface area contributed by atoms with E-state index in [1.165, 1.54) is 43.7 Å². The Kier molecular flexibility index (Phi) is 6.23. The van der Waals surface area contributed by atoms with Crippen molar-refractivity contribution in [3.8, 4) is 11.3 Å². The Bertz CT molecular complexity index is 1140. The summed E-state index contributed by atoms with van der Waals surface area (Å²) in [7, 11) is 1.27. The maximum atomic E-state index is 12.0. The summed E-state index contributed by atoms with van der Waals surface area (Å²) < 4.78 is 10.3. The highest BCUT2D eigenvalue weighted by molar-refractivity contribution is 6.33. The minimum Gasteiger partial charge on any atom is -0.465 e. The topological polar surface area (TPSA) is 124 Å². The number of nitro groups is 1. The third kappa shape index (κ3) is 4.70. The number of benzene rings is 2. The molecule has 3 aromatic rings. The smallest absolute Gasteiger partial charge is 0.339 e. The number of carbonyl (C=O) groups is 2. The van der Waals surface area contributed by atoms with E-state index in [1.54, 1.807) is 24.3 Å². The fraction of sp³-hybridized carbons (Fsp3) is 0.0500. The van der Waals surface area contributed by atoms with Gasteiger partial charge in [-0.25, -0.2) is 10.2 Å². The summed E-state index contributed by atoms with van der Waals surface area (Å²) >= 11 is 6.11. The lowest BCUT2D eigenvalue weighted by Crippen LogP contribution is -2.17. The molecule has 0 aliphatic rings. The summed E-state index contributed by atoms with van der Waals surface area (Å²) in [6, 6.07) is 13.2. The van der Waals surface area contributed by atoms with Gasteiger partial charge in [0.15, 0.2) is 0 Å². The SMILES string of the molecule is COC(=O)c1ccc(-c2ccc(C=NNC(=O)c3ccc([N+](=O)[O-])cc3)o2)cc1Cl. The lowest BCUT2D eigenvalue weighted by Gasteiger charge is -2.04. The number of amides is 1. The number of methoxy groups -OCH3 is 1. The van der Waals surface area contributed by atoms with Crippen LogP contribution in [0.2, 0.25) is 5.02 Å². The van der Waals surface area contributed by atoms with E-state index in [0.717, 1.165) is 0 Å². The number of hydrogen-bond acceptors (Lipinski definition) is 7. The van der Waals surface area contributed by atoms with Crippen LogP contribution < -0.4 is 5.43 Å². The molecular formula is C20H14ClN3O6. The van der Waals surface area contributed by atoms with Crippen molar-refractivity contribution in [2.45, 2.75) is 0 Å². The summed E-state index contributed by atoms with van der Waals surface area (Å²) in [4.78, 5) is 33.7. The highest BCUT2D eigenvalue weighted by atomic mass is 35.5. The molecule has 10 heteroatoms. The highest BCUT2D eigenvalue weighted by Crippen LogP contribution is 2.27. The van der Waals surface area contributed by atoms with E-state index in [4.69, 9.17) is 16.0 Å². The van der Waals surface area contributed by atoms with Crippen molar-refractivity contribution in [1.29, 1.82) is 0 Å². The van der Waals surface area contributed by atoms with Crippen LogP contribution in [0.5, 0.6) is 0 Å². The van der Waals surface area contributed by atoms with Crippen LogP contribution in [0, 0.1) is 10.1 Å². The quantitative estimate of drug-likeness (QED) is 0.274. The number of esters is 1. The lowest BCUT2D eigenvalue weighted by molar-refractivity contribution is -0.384. The van der Waals surface area contributed by atoms with Gasteiger partial charge in [-0.05, 0) is 36.4 Å². The number of nitrogens with one attached hydrogen (secondary N) is 1. The first kappa shape index (κ1) is 20.7. The van der Waals surface area contributed by atoms with Gasteiger partial charge in [-0.2, -0.15) is 5.10 Å². The van der Waals surface area contributed by atoms with E-state index in [2.05, 4.69) is 15.3 Å². The van der Waals surface area contributed by atoms with E-state index < -0.39 is 16.8 Å². The molecule has 1 heterocycles. The van der Waals surface area contributed by atoms with Crippen LogP contribution in [-0.4, -0.2) is 30.1 Å². The number of carbonyl (C=O) groups excluding carboxylic acids is 2. The maximum Gasteiger partial charge on any atom is 0.339 e. The van der Waals surface area contributed by atoms with Crippen LogP contribution in [0.15, 0.2) is 64.1 Å². The van der Waals surface area contributed by atoms with E-state index in [-0.39, 0.29) is 21.8 Å². The van der Waals surface area contributed by atoms with E-state index in [1.807, 2.05) is 0 Å². The molecule has 0 radical (unpaired) electrons. The van der Waals surface area contributed by atoms with Crippen molar-refractivity contribution in [1.82, 2.24) is 5.43 Å². The molecule has 0 unspecified atom stereocenters. The molecule has 152 valence electrons. The van der Waals surface area contributed by atoms with Crippen LogP contribution in [0.3, 0.4) is 0 Å². The number of ether oxygens (including phenoxy) is 1. The third-order valence-electron chi connectivity index (χ3n) is 3.98. The first-order chi connectivity index (χ1) is 14.4. The molecule has 0 atom stereocenters. The number of hydrazone groups is 1. The number of rotatable bonds is 6. The predicted octanol–water partition coefficient (Wildman–Crippen LogP) is 4.06. The Morgan fingerprint density at radius 3 is 2.53 bits per heavy atom. The molecule has 0 spiro atoms. The zero-order valence-corrected chi connectivity index (χ0v) is 16.3. The normalized spacial score (nSPS) is 10.7. The molecule has 0 fully saturated rings. The summed E-state index contributed by atoms with van der Waals surface area (Å²) in [6.07, 6.45) is 1.30. The fourth-order valence-corrected chi connectivity index (χ4v) is 2.73. The van der Waals surface area contributed by atoms with Crippen molar-refractivity contribution >= 4 is 35.4 Å². The van der Waals surface area contributed by atoms with Gasteiger partial charge in [0.2, 0.25) is 0 Å². The van der Waals surface area contributed by atoms with Gasteiger partial charge in [-0.1, -0.05) is 17.7 Å². The predicted molar refractivity (Wildman–Crippen MR) is 109 cm³/mol. The Morgan fingerprint density at radius 2 is 1.90 bits per heavy atom. The van der Waals surface area contributed by atoms with Gasteiger partial charge >= 0.3 is 5.97 Å². The van der Waals surface area contributed by atoms with Crippen LogP contribution in [-0.2, 0) is 4.74 Å². The molecule has 0 aliphatic heterocycles. The second kappa shape index (κ2) is 9.01. The molecule has 0 saturated heterocycles. The molecule has 30 heavy (non-hydrogen) atoms. The van der Waals surface area contributed by atoms with Gasteiger partial charge in [0, 0.05) is 23.3 Å². The number of halogens is 1. The van der Waals surface area contributed by atoms with Gasteiger partial charge < -0.3 is 9.15 Å². The summed E-state index contributed by atoms with van der Waals surface area (Å²) in [5, 5.41) is 14.7. The van der Waals surface area contributed by atoms with Crippen molar-refractivity contribution in [3.05, 3.63) is 86.6 Å². The Labute approximate surface area is 175 Å². The number of non-ortho nitro benzene ring substituents is 1. The monoisotopic (exact) mass is 427 g/mol. The second-order valence-corrected chi connectivity index (χ2v) is 6.30. The molecule has 0 bridgehead atoms. The number of nitrogens with zero attached hydrogens (tertiary/aromatic N) is 2. The van der Waals surface area contributed by atoms with Crippen molar-refractivity contribution in [2.24, 2.45) is 5.10 Å². The van der Waals surface area contributed by atoms with E-state index in [0.29, 0.717) is 17.1 Å². The van der Waals surface area contributed by atoms with Crippen LogP contribution in [0.25, 0.3) is 11.3 Å². The van der Waals surface area contributed by atoms with Crippen molar-refractivity contribution in [3.63, 3.8) is 0 Å². The molecule has 9 nitrogen and oxygen atoms in total. The standard InChI is InChI=1S/C20H14ClN3O6/c1-29-20(26)16-8-4-13(10-17(16)21)18-9-7-15(30-18)11-22-23-19(25)12-2-5-14(6-3-12)24(27)28/h2-11H,1H3,(H,23,25). The lowest BCUT2D eigenvalue weighted by atomic mass is 10.1. The average Bonchev–Trinajstić information content (AvgIpc) is 3.22. The Balaban J connectivity index is 1.66. The molecule has 1 amide bonds. The van der Waals surface area contributed by atoms with Crippen LogP contribution >= 0.6 is 11.6 Å². The minimum atomic E-state index is -0.551. The maximum absolute atomic E-state index is 12.0. The summed E-state index contributed by atoms with van der Waals surface area (Å²) in [6.45, 7) is 0. The van der Waals surface area contributed by atoms with E-state index in [9.17, 15) is 19.7 Å². The molecule has 3 rings (SSSR count). The average molecular weight is 428 g/mol. The molecule has 0 aliphatic carbocycles. The number of furan rings is 1. The van der Waals surface area contributed by atoms with Crippen LogP contribution in [0.4, 0.5) is 5.69 Å². The zero-order chi connectivity index (χ0) is 21.7.